The Balaban J connectivity index is 2.35. The van der Waals surface area contributed by atoms with Gasteiger partial charge in [0.25, 0.3) is 0 Å². The van der Waals surface area contributed by atoms with Crippen molar-refractivity contribution in [3.05, 3.63) is 24.3 Å². The van der Waals surface area contributed by atoms with E-state index in [1.807, 2.05) is 0 Å². The third kappa shape index (κ3) is 33.2. The molecule has 0 spiro atoms. The molecule has 1 saturated heterocycles. The Labute approximate surface area is 404 Å². The van der Waals surface area contributed by atoms with E-state index in [0.717, 1.165) is 51.4 Å². The van der Waals surface area contributed by atoms with Gasteiger partial charge in [0.2, 0.25) is 5.91 Å². The van der Waals surface area contributed by atoms with Gasteiger partial charge in [-0.2, -0.15) is 0 Å². The molecule has 1 fully saturated rings. The molecule has 0 aromatic heterocycles. The van der Waals surface area contributed by atoms with Crippen molar-refractivity contribution in [1.29, 1.82) is 0 Å². The van der Waals surface area contributed by atoms with Gasteiger partial charge in [-0.25, -0.2) is 0 Å². The van der Waals surface area contributed by atoms with E-state index >= 15 is 0 Å². The molecule has 11 heteroatoms. The third-order valence-electron chi connectivity index (χ3n) is 13.5. The highest BCUT2D eigenvalue weighted by atomic mass is 16.7. The number of carbonyl (C=O) groups is 1. The molecule has 0 aromatic rings. The summed E-state index contributed by atoms with van der Waals surface area (Å²) in [6.07, 6.45) is 40.9. The number of aliphatic hydroxyl groups excluding tert-OH is 7. The van der Waals surface area contributed by atoms with Crippen LogP contribution in [0.4, 0.5) is 0 Å². The van der Waals surface area contributed by atoms with Crippen molar-refractivity contribution in [2.45, 2.75) is 306 Å². The summed E-state index contributed by atoms with van der Waals surface area (Å²) in [7, 11) is 0. The van der Waals surface area contributed by atoms with Gasteiger partial charge in [0, 0.05) is 0 Å². The van der Waals surface area contributed by atoms with Gasteiger partial charge in [-0.1, -0.05) is 212 Å². The van der Waals surface area contributed by atoms with Gasteiger partial charge < -0.3 is 50.5 Å². The summed E-state index contributed by atoms with van der Waals surface area (Å²) < 4.78 is 11.1. The van der Waals surface area contributed by atoms with E-state index in [1.54, 1.807) is 0 Å². The Bertz CT molecular complexity index is 1120. The van der Waals surface area contributed by atoms with E-state index in [4.69, 9.17) is 9.47 Å². The van der Waals surface area contributed by atoms with Gasteiger partial charge in [-0.3, -0.25) is 4.79 Å². The largest absolute Gasteiger partial charge is 0.394 e. The lowest BCUT2D eigenvalue weighted by Gasteiger charge is -2.40. The lowest BCUT2D eigenvalue weighted by Crippen LogP contribution is -2.60. The highest BCUT2D eigenvalue weighted by Gasteiger charge is 2.44. The number of rotatable bonds is 47. The highest BCUT2D eigenvalue weighted by molar-refractivity contribution is 5.80. The quantitative estimate of drug-likeness (QED) is 0.0215. The van der Waals surface area contributed by atoms with Crippen molar-refractivity contribution in [2.24, 2.45) is 0 Å². The van der Waals surface area contributed by atoms with Crippen LogP contribution >= 0.6 is 0 Å². The van der Waals surface area contributed by atoms with Crippen LogP contribution in [0, 0.1) is 0 Å². The van der Waals surface area contributed by atoms with E-state index in [2.05, 4.69) is 43.5 Å². The van der Waals surface area contributed by atoms with Crippen LogP contribution in [-0.4, -0.2) is 110 Å². The van der Waals surface area contributed by atoms with Crippen molar-refractivity contribution in [3.63, 3.8) is 0 Å². The fraction of sp³-hybridized carbons (Fsp3) is 0.909. The minimum absolute atomic E-state index is 0.241. The summed E-state index contributed by atoms with van der Waals surface area (Å²) in [5, 5.41) is 75.9. The molecule has 8 N–H and O–H groups in total. The second-order valence-electron chi connectivity index (χ2n) is 19.6. The molecule has 1 rings (SSSR count). The molecular formula is C55H105NO10. The predicted molar refractivity (Wildman–Crippen MR) is 270 cm³/mol. The molecule has 390 valence electrons. The number of aliphatic hydroxyl groups is 7. The SMILES string of the molecule is CCCCCCCCC/C=C\CCCCCCC(O)C(=O)NC(COC1OC(CO)C(O)C(O)C1O)C(O)C(O)CCC/C=C/CCCCCCCCCCCCCCCCCCCCC. The molecule has 1 aliphatic rings. The smallest absolute Gasteiger partial charge is 0.249 e. The number of ether oxygens (including phenoxy) is 2. The maximum absolute atomic E-state index is 13.1. The first kappa shape index (κ1) is 62.6. The molecular weight excluding hydrogens is 835 g/mol. The normalized spacial score (nSPS) is 20.9. The summed E-state index contributed by atoms with van der Waals surface area (Å²) >= 11 is 0. The molecule has 0 saturated carbocycles. The second-order valence-corrected chi connectivity index (χ2v) is 19.6. The van der Waals surface area contributed by atoms with Crippen molar-refractivity contribution in [2.75, 3.05) is 13.2 Å². The van der Waals surface area contributed by atoms with E-state index in [1.165, 1.54) is 161 Å². The molecule has 66 heavy (non-hydrogen) atoms. The first-order chi connectivity index (χ1) is 32.2. The summed E-state index contributed by atoms with van der Waals surface area (Å²) in [5.41, 5.74) is 0. The van der Waals surface area contributed by atoms with E-state index < -0.39 is 74.2 Å². The predicted octanol–water partition coefficient (Wildman–Crippen LogP) is 11.0. The zero-order valence-corrected chi connectivity index (χ0v) is 42.4. The number of allylic oxidation sites excluding steroid dienone is 4. The first-order valence-electron chi connectivity index (χ1n) is 27.7. The van der Waals surface area contributed by atoms with Gasteiger partial charge in [0.1, 0.15) is 36.6 Å². The molecule has 9 atom stereocenters. The van der Waals surface area contributed by atoms with Crippen molar-refractivity contribution < 1.29 is 50.0 Å². The average Bonchev–Trinajstić information content (AvgIpc) is 3.32. The lowest BCUT2D eigenvalue weighted by atomic mass is 9.98. The summed E-state index contributed by atoms with van der Waals surface area (Å²) in [4.78, 5) is 13.1. The van der Waals surface area contributed by atoms with Crippen LogP contribution < -0.4 is 5.32 Å². The van der Waals surface area contributed by atoms with Crippen LogP contribution in [0.3, 0.4) is 0 Å². The van der Waals surface area contributed by atoms with Crippen LogP contribution in [0.1, 0.15) is 251 Å². The molecule has 0 radical (unpaired) electrons. The van der Waals surface area contributed by atoms with E-state index in [9.17, 15) is 40.5 Å². The fourth-order valence-corrected chi connectivity index (χ4v) is 8.91. The molecule has 9 unspecified atom stereocenters. The van der Waals surface area contributed by atoms with Crippen molar-refractivity contribution in [1.82, 2.24) is 5.32 Å². The molecule has 0 bridgehead atoms. The molecule has 1 amide bonds. The number of nitrogens with one attached hydrogen (secondary N) is 1. The van der Waals surface area contributed by atoms with Gasteiger partial charge in [-0.05, 0) is 64.2 Å². The molecule has 11 nitrogen and oxygen atoms in total. The van der Waals surface area contributed by atoms with Crippen LogP contribution in [0.2, 0.25) is 0 Å². The first-order valence-corrected chi connectivity index (χ1v) is 27.7. The number of unbranched alkanes of at least 4 members (excludes halogenated alkanes) is 31. The summed E-state index contributed by atoms with van der Waals surface area (Å²) in [6, 6.07) is -1.19. The van der Waals surface area contributed by atoms with Crippen LogP contribution in [-0.2, 0) is 14.3 Å². The Hall–Kier alpha value is -1.41. The maximum Gasteiger partial charge on any atom is 0.249 e. The van der Waals surface area contributed by atoms with Crippen molar-refractivity contribution in [3.8, 4) is 0 Å². The topological polar surface area (TPSA) is 189 Å². The summed E-state index contributed by atoms with van der Waals surface area (Å²) in [5.74, 6) is -0.713. The minimum Gasteiger partial charge on any atom is -0.394 e. The second kappa shape index (κ2) is 44.8. The average molecular weight is 940 g/mol. The number of amides is 1. The molecule has 0 aromatic carbocycles. The van der Waals surface area contributed by atoms with Gasteiger partial charge >= 0.3 is 0 Å². The van der Waals surface area contributed by atoms with Crippen molar-refractivity contribution >= 4 is 5.91 Å². The third-order valence-corrected chi connectivity index (χ3v) is 13.5. The van der Waals surface area contributed by atoms with Crippen LogP contribution in [0.25, 0.3) is 0 Å². The zero-order valence-electron chi connectivity index (χ0n) is 42.4. The van der Waals surface area contributed by atoms with Gasteiger partial charge in [0.15, 0.2) is 6.29 Å². The van der Waals surface area contributed by atoms with Crippen LogP contribution in [0.5, 0.6) is 0 Å². The Kier molecular flexibility index (Phi) is 42.5. The molecule has 0 aliphatic carbocycles. The van der Waals surface area contributed by atoms with E-state index in [-0.39, 0.29) is 12.8 Å². The zero-order chi connectivity index (χ0) is 48.3. The Morgan fingerprint density at radius 2 is 0.894 bits per heavy atom. The van der Waals surface area contributed by atoms with E-state index in [0.29, 0.717) is 12.8 Å². The van der Waals surface area contributed by atoms with Crippen LogP contribution in [0.15, 0.2) is 24.3 Å². The molecule has 1 heterocycles. The summed E-state index contributed by atoms with van der Waals surface area (Å²) in [6.45, 7) is 3.45. The minimum atomic E-state index is -1.67. The standard InChI is InChI=1S/C55H105NO10/c1-3-5-7-9-11-13-15-17-19-20-21-22-23-24-25-26-27-29-30-32-34-36-38-40-42-47(58)50(60)46(45-65-55-53(63)52(62)51(61)49(44-57)66-55)56-54(64)48(59)43-41-39-37-35-33-31-28-18-16-14-12-10-8-6-4-2/h28,31,34,36,46-53,55,57-63H,3-27,29-30,32-33,35,37-45H2,1-2H3,(H,56,64)/b31-28-,36-34+. The van der Waals surface area contributed by atoms with Gasteiger partial charge in [0.05, 0.1) is 25.4 Å². The number of hydrogen-bond acceptors (Lipinski definition) is 10. The highest BCUT2D eigenvalue weighted by Crippen LogP contribution is 2.23. The Morgan fingerprint density at radius 1 is 0.515 bits per heavy atom. The molecule has 1 aliphatic heterocycles. The maximum atomic E-state index is 13.1. The number of carbonyl (C=O) groups excluding carboxylic acids is 1. The lowest BCUT2D eigenvalue weighted by molar-refractivity contribution is -0.303. The number of hydrogen-bond donors (Lipinski definition) is 8. The van der Waals surface area contributed by atoms with Gasteiger partial charge in [-0.15, -0.1) is 0 Å². The fourth-order valence-electron chi connectivity index (χ4n) is 8.91. The Morgan fingerprint density at radius 3 is 1.30 bits per heavy atom. The monoisotopic (exact) mass is 940 g/mol.